The van der Waals surface area contributed by atoms with Crippen LogP contribution < -0.4 is 0 Å². The Morgan fingerprint density at radius 2 is 2.00 bits per heavy atom. The van der Waals surface area contributed by atoms with E-state index in [4.69, 9.17) is 4.74 Å². The van der Waals surface area contributed by atoms with Gasteiger partial charge in [0.15, 0.2) is 0 Å². The summed E-state index contributed by atoms with van der Waals surface area (Å²) in [6, 6.07) is 8.29. The summed E-state index contributed by atoms with van der Waals surface area (Å²) in [7, 11) is 0. The van der Waals surface area contributed by atoms with Crippen LogP contribution in [0.25, 0.3) is 0 Å². The Bertz CT molecular complexity index is 462. The van der Waals surface area contributed by atoms with Crippen molar-refractivity contribution in [3.63, 3.8) is 0 Å². The lowest BCUT2D eigenvalue weighted by molar-refractivity contribution is -0.149. The summed E-state index contributed by atoms with van der Waals surface area (Å²) in [5.74, 6) is 0.690. The highest BCUT2D eigenvalue weighted by Gasteiger charge is 2.37. The van der Waals surface area contributed by atoms with Crippen LogP contribution >= 0.6 is 0 Å². The maximum Gasteiger partial charge on any atom is 0.303 e. The van der Waals surface area contributed by atoms with E-state index in [1.54, 1.807) is 0 Å². The molecule has 0 saturated carbocycles. The molecular weight excluding hydrogens is 200 g/mol. The van der Waals surface area contributed by atoms with Crippen LogP contribution in [-0.2, 0) is 9.53 Å². The summed E-state index contributed by atoms with van der Waals surface area (Å²) in [4.78, 5) is 11.2. The molecule has 2 bridgehead atoms. The van der Waals surface area contributed by atoms with Crippen LogP contribution in [0, 0.1) is 5.92 Å². The predicted octanol–water partition coefficient (Wildman–Crippen LogP) is 2.96. The molecule has 0 aliphatic heterocycles. The molecule has 0 saturated heterocycles. The average Bonchev–Trinajstić information content (AvgIpc) is 2.70. The van der Waals surface area contributed by atoms with E-state index in [0.717, 1.165) is 6.42 Å². The van der Waals surface area contributed by atoms with Crippen LogP contribution in [0.15, 0.2) is 36.4 Å². The van der Waals surface area contributed by atoms with E-state index in [9.17, 15) is 4.79 Å². The number of allylic oxidation sites excluding steroid dienone is 1. The van der Waals surface area contributed by atoms with Crippen molar-refractivity contribution in [2.45, 2.75) is 25.4 Å². The Kier molecular flexibility index (Phi) is 2.10. The summed E-state index contributed by atoms with van der Waals surface area (Å²) < 4.78 is 5.46. The first-order valence-electron chi connectivity index (χ1n) is 5.70. The number of hydrogen-bond acceptors (Lipinski definition) is 2. The summed E-state index contributed by atoms with van der Waals surface area (Å²) in [6.45, 7) is 1.48. The van der Waals surface area contributed by atoms with E-state index in [1.807, 2.05) is 6.07 Å². The van der Waals surface area contributed by atoms with Gasteiger partial charge < -0.3 is 4.74 Å². The van der Waals surface area contributed by atoms with Crippen molar-refractivity contribution >= 4 is 5.97 Å². The minimum Gasteiger partial charge on any atom is -0.457 e. The molecule has 0 aromatic heterocycles. The number of ether oxygens (including phenoxy) is 1. The quantitative estimate of drug-likeness (QED) is 0.530. The molecule has 1 aromatic rings. The zero-order valence-electron chi connectivity index (χ0n) is 9.22. The highest BCUT2D eigenvalue weighted by molar-refractivity contribution is 5.66. The van der Waals surface area contributed by atoms with Gasteiger partial charge in [0.2, 0.25) is 0 Å². The molecule has 82 valence electrons. The minimum atomic E-state index is -0.196. The second kappa shape index (κ2) is 3.48. The molecule has 2 aliphatic rings. The van der Waals surface area contributed by atoms with Gasteiger partial charge in [-0.05, 0) is 17.5 Å². The predicted molar refractivity (Wildman–Crippen MR) is 60.9 cm³/mol. The Morgan fingerprint density at radius 3 is 2.75 bits per heavy atom. The maximum absolute atomic E-state index is 11.2. The second-order valence-electron chi connectivity index (χ2n) is 4.55. The highest BCUT2D eigenvalue weighted by atomic mass is 16.5. The number of carbonyl (C=O) groups is 1. The zero-order chi connectivity index (χ0) is 11.1. The summed E-state index contributed by atoms with van der Waals surface area (Å²) >= 11 is 0. The van der Waals surface area contributed by atoms with E-state index >= 15 is 0 Å². The zero-order valence-corrected chi connectivity index (χ0v) is 9.22. The van der Waals surface area contributed by atoms with Gasteiger partial charge in [-0.3, -0.25) is 4.79 Å². The third-order valence-corrected chi connectivity index (χ3v) is 3.50. The van der Waals surface area contributed by atoms with Crippen molar-refractivity contribution in [2.24, 2.45) is 5.92 Å². The lowest BCUT2D eigenvalue weighted by Gasteiger charge is -2.31. The molecule has 2 heteroatoms. The molecule has 3 atom stereocenters. The molecule has 0 fully saturated rings. The molecule has 2 aliphatic carbocycles. The number of esters is 1. The fraction of sp³-hybridized carbons (Fsp3) is 0.357. The Balaban J connectivity index is 2.06. The maximum atomic E-state index is 11.2. The van der Waals surface area contributed by atoms with E-state index in [2.05, 4.69) is 30.4 Å². The van der Waals surface area contributed by atoms with Gasteiger partial charge in [-0.25, -0.2) is 0 Å². The molecule has 0 unspecified atom stereocenters. The standard InChI is InChI=1S/C14H14O2/c1-9(15)16-14-11-7-6-10(8-11)12-4-2-3-5-13(12)14/h2-7,10-11,14H,8H2,1H3/t10-,11+,14+/m1/s1. The summed E-state index contributed by atoms with van der Waals surface area (Å²) in [5.41, 5.74) is 2.50. The van der Waals surface area contributed by atoms with Crippen LogP contribution in [0.3, 0.4) is 0 Å². The van der Waals surface area contributed by atoms with E-state index in [-0.39, 0.29) is 12.1 Å². The van der Waals surface area contributed by atoms with Gasteiger partial charge >= 0.3 is 5.97 Å². The van der Waals surface area contributed by atoms with Crippen molar-refractivity contribution < 1.29 is 9.53 Å². The molecule has 3 rings (SSSR count). The smallest absolute Gasteiger partial charge is 0.303 e. The third-order valence-electron chi connectivity index (χ3n) is 3.50. The number of benzene rings is 1. The lowest BCUT2D eigenvalue weighted by Crippen LogP contribution is -2.22. The molecular formula is C14H14O2. The first kappa shape index (κ1) is 9.64. The monoisotopic (exact) mass is 214 g/mol. The summed E-state index contributed by atoms with van der Waals surface area (Å²) in [5, 5.41) is 0. The highest BCUT2D eigenvalue weighted by Crippen LogP contribution is 2.48. The lowest BCUT2D eigenvalue weighted by atomic mass is 9.80. The molecule has 0 spiro atoms. The topological polar surface area (TPSA) is 26.3 Å². The first-order valence-corrected chi connectivity index (χ1v) is 5.70. The van der Waals surface area contributed by atoms with Crippen LogP contribution in [0.4, 0.5) is 0 Å². The Morgan fingerprint density at radius 1 is 1.25 bits per heavy atom. The van der Waals surface area contributed by atoms with Crippen molar-refractivity contribution in [3.8, 4) is 0 Å². The normalized spacial score (nSPS) is 29.9. The number of carbonyl (C=O) groups excluding carboxylic acids is 1. The fourth-order valence-electron chi connectivity index (χ4n) is 2.85. The van der Waals surface area contributed by atoms with Crippen molar-refractivity contribution in [2.75, 3.05) is 0 Å². The van der Waals surface area contributed by atoms with Gasteiger partial charge in [-0.15, -0.1) is 0 Å². The average molecular weight is 214 g/mol. The summed E-state index contributed by atoms with van der Waals surface area (Å²) in [6.07, 6.45) is 5.43. The second-order valence-corrected chi connectivity index (χ2v) is 4.55. The molecule has 0 amide bonds. The number of rotatable bonds is 1. The third kappa shape index (κ3) is 1.37. The van der Waals surface area contributed by atoms with Crippen molar-refractivity contribution in [3.05, 3.63) is 47.5 Å². The van der Waals surface area contributed by atoms with Gasteiger partial charge in [-0.1, -0.05) is 36.4 Å². The Hall–Kier alpha value is -1.57. The number of hydrogen-bond donors (Lipinski definition) is 0. The molecule has 16 heavy (non-hydrogen) atoms. The largest absolute Gasteiger partial charge is 0.457 e. The SMILES string of the molecule is CC(=O)O[C@@H]1c2ccccc2[C@@H]2C=C[C@H]1C2. The van der Waals surface area contributed by atoms with Gasteiger partial charge in [0.25, 0.3) is 0 Å². The van der Waals surface area contributed by atoms with E-state index in [0.29, 0.717) is 11.8 Å². The van der Waals surface area contributed by atoms with Crippen LogP contribution in [0.1, 0.15) is 36.5 Å². The molecule has 0 N–H and O–H groups in total. The molecule has 0 heterocycles. The van der Waals surface area contributed by atoms with Gasteiger partial charge in [0.1, 0.15) is 6.10 Å². The molecule has 0 radical (unpaired) electrons. The van der Waals surface area contributed by atoms with Gasteiger partial charge in [-0.2, -0.15) is 0 Å². The minimum absolute atomic E-state index is 0.0799. The fourth-order valence-corrected chi connectivity index (χ4v) is 2.85. The van der Waals surface area contributed by atoms with Crippen LogP contribution in [-0.4, -0.2) is 5.97 Å². The first-order chi connectivity index (χ1) is 7.75. The van der Waals surface area contributed by atoms with Crippen LogP contribution in [0.5, 0.6) is 0 Å². The van der Waals surface area contributed by atoms with E-state index in [1.165, 1.54) is 18.1 Å². The molecule has 1 aromatic carbocycles. The van der Waals surface area contributed by atoms with Gasteiger partial charge in [0.05, 0.1) is 0 Å². The van der Waals surface area contributed by atoms with Crippen LogP contribution in [0.2, 0.25) is 0 Å². The Labute approximate surface area is 94.9 Å². The van der Waals surface area contributed by atoms with Crippen molar-refractivity contribution in [1.29, 1.82) is 0 Å². The molecule has 2 nitrogen and oxygen atoms in total. The number of fused-ring (bicyclic) bond motifs is 4. The van der Waals surface area contributed by atoms with Crippen molar-refractivity contribution in [1.82, 2.24) is 0 Å². The van der Waals surface area contributed by atoms with Gasteiger partial charge in [0, 0.05) is 18.8 Å². The van der Waals surface area contributed by atoms with E-state index < -0.39 is 0 Å².